The molecule has 9 heteroatoms. The molecule has 0 bridgehead atoms. The van der Waals surface area contributed by atoms with Gasteiger partial charge in [-0.2, -0.15) is 9.61 Å². The van der Waals surface area contributed by atoms with Crippen molar-refractivity contribution in [2.24, 2.45) is 10.9 Å². The van der Waals surface area contributed by atoms with Crippen molar-refractivity contribution >= 4 is 29.3 Å². The summed E-state index contributed by atoms with van der Waals surface area (Å²) in [5.41, 5.74) is 8.29. The van der Waals surface area contributed by atoms with E-state index in [1.807, 2.05) is 0 Å². The summed E-state index contributed by atoms with van der Waals surface area (Å²) in [6, 6.07) is 7.09. The summed E-state index contributed by atoms with van der Waals surface area (Å²) in [6.07, 6.45) is 8.71. The summed E-state index contributed by atoms with van der Waals surface area (Å²) >= 11 is 0. The number of imidazole rings is 1. The normalized spacial score (nSPS) is 19.0. The second-order valence-electron chi connectivity index (χ2n) is 7.71. The van der Waals surface area contributed by atoms with Crippen molar-refractivity contribution in [1.82, 2.24) is 14.6 Å². The molecule has 2 aromatic heterocycles. The first kappa shape index (κ1) is 20.8. The standard InChI is InChI=1S/C22H26N6O3/c1-31-19-10-18(23)15(11-24-16-6-4-14(13-29)5-7-16)9-17(19)22(30)27-21-12-25-20-3-2-8-26-28(20)21/h2-3,8-12,14,16,29H,4-7,13,23H2,1H3,(H,27,30). The number of aliphatic imine (C=N–C) groups is 1. The van der Waals surface area contributed by atoms with Gasteiger partial charge in [0.25, 0.3) is 5.91 Å². The number of aliphatic hydroxyl groups excluding tert-OH is 1. The molecule has 4 rings (SSSR count). The molecule has 1 saturated carbocycles. The first-order valence-electron chi connectivity index (χ1n) is 10.3. The van der Waals surface area contributed by atoms with Crippen LogP contribution < -0.4 is 15.8 Å². The fourth-order valence-electron chi connectivity index (χ4n) is 3.83. The van der Waals surface area contributed by atoms with Crippen LogP contribution in [0.3, 0.4) is 0 Å². The van der Waals surface area contributed by atoms with Crippen LogP contribution >= 0.6 is 0 Å². The van der Waals surface area contributed by atoms with Crippen molar-refractivity contribution in [2.75, 3.05) is 24.8 Å². The van der Waals surface area contributed by atoms with Crippen LogP contribution in [-0.2, 0) is 0 Å². The van der Waals surface area contributed by atoms with Gasteiger partial charge in [0.2, 0.25) is 0 Å². The fraction of sp³-hybridized carbons (Fsp3) is 0.364. The zero-order valence-corrected chi connectivity index (χ0v) is 17.4. The molecule has 3 aromatic rings. The highest BCUT2D eigenvalue weighted by atomic mass is 16.5. The topological polar surface area (TPSA) is 127 Å². The van der Waals surface area contributed by atoms with Gasteiger partial charge in [-0.05, 0) is 49.8 Å². The average molecular weight is 422 g/mol. The Balaban J connectivity index is 1.55. The van der Waals surface area contributed by atoms with Crippen LogP contribution in [0, 0.1) is 5.92 Å². The average Bonchev–Trinajstić information content (AvgIpc) is 3.21. The van der Waals surface area contributed by atoms with Crippen molar-refractivity contribution in [2.45, 2.75) is 31.7 Å². The molecule has 1 aliphatic carbocycles. The van der Waals surface area contributed by atoms with Gasteiger partial charge >= 0.3 is 0 Å². The van der Waals surface area contributed by atoms with E-state index in [1.165, 1.54) is 7.11 Å². The number of hydrogen-bond donors (Lipinski definition) is 3. The quantitative estimate of drug-likeness (QED) is 0.414. The molecule has 0 atom stereocenters. The van der Waals surface area contributed by atoms with Crippen LogP contribution in [0.2, 0.25) is 0 Å². The van der Waals surface area contributed by atoms with Crippen LogP contribution in [-0.4, -0.2) is 51.6 Å². The van der Waals surface area contributed by atoms with Crippen LogP contribution in [0.15, 0.2) is 41.7 Å². The van der Waals surface area contributed by atoms with Crippen LogP contribution in [0.4, 0.5) is 11.5 Å². The molecule has 1 amide bonds. The monoisotopic (exact) mass is 422 g/mol. The van der Waals surface area contributed by atoms with E-state index in [0.717, 1.165) is 25.7 Å². The molecular formula is C22H26N6O3. The maximum atomic E-state index is 13.0. The van der Waals surface area contributed by atoms with Crippen LogP contribution in [0.25, 0.3) is 5.65 Å². The van der Waals surface area contributed by atoms with E-state index in [9.17, 15) is 9.90 Å². The molecule has 9 nitrogen and oxygen atoms in total. The number of nitrogens with two attached hydrogens (primary N) is 1. The largest absolute Gasteiger partial charge is 0.496 e. The zero-order chi connectivity index (χ0) is 21.8. The number of nitrogen functional groups attached to an aromatic ring is 1. The van der Waals surface area contributed by atoms with Crippen LogP contribution in [0.5, 0.6) is 5.75 Å². The van der Waals surface area contributed by atoms with Gasteiger partial charge in [0.05, 0.1) is 18.9 Å². The van der Waals surface area contributed by atoms with Crippen molar-refractivity contribution in [3.05, 3.63) is 47.8 Å². The van der Waals surface area contributed by atoms with E-state index >= 15 is 0 Å². The highest BCUT2D eigenvalue weighted by molar-refractivity contribution is 6.07. The Morgan fingerprint density at radius 2 is 2.19 bits per heavy atom. The molecule has 162 valence electrons. The summed E-state index contributed by atoms with van der Waals surface area (Å²) < 4.78 is 6.93. The summed E-state index contributed by atoms with van der Waals surface area (Å²) in [4.78, 5) is 21.9. The van der Waals surface area contributed by atoms with E-state index in [1.54, 1.807) is 47.4 Å². The number of anilines is 2. The second-order valence-corrected chi connectivity index (χ2v) is 7.71. The molecule has 0 aliphatic heterocycles. The third-order valence-corrected chi connectivity index (χ3v) is 5.67. The summed E-state index contributed by atoms with van der Waals surface area (Å²) in [5.74, 6) is 0.844. The molecule has 1 aliphatic rings. The van der Waals surface area contributed by atoms with Crippen molar-refractivity contribution < 1.29 is 14.6 Å². The van der Waals surface area contributed by atoms with Gasteiger partial charge in [0, 0.05) is 42.4 Å². The molecular weight excluding hydrogens is 396 g/mol. The number of carbonyl (C=O) groups excluding carboxylic acids is 1. The maximum absolute atomic E-state index is 13.0. The Hall–Kier alpha value is -3.46. The number of aromatic nitrogens is 3. The Bertz CT molecular complexity index is 1100. The third-order valence-electron chi connectivity index (χ3n) is 5.67. The number of nitrogens with one attached hydrogen (secondary N) is 1. The molecule has 31 heavy (non-hydrogen) atoms. The molecule has 1 fully saturated rings. The number of hydrogen-bond acceptors (Lipinski definition) is 7. The summed E-state index contributed by atoms with van der Waals surface area (Å²) in [5, 5.41) is 16.3. The van der Waals surface area contributed by atoms with Gasteiger partial charge in [-0.15, -0.1) is 0 Å². The number of ether oxygens (including phenoxy) is 1. The maximum Gasteiger partial charge on any atom is 0.260 e. The molecule has 0 spiro atoms. The molecule has 2 heterocycles. The van der Waals surface area contributed by atoms with E-state index in [0.29, 0.717) is 39.9 Å². The number of fused-ring (bicyclic) bond motifs is 1. The lowest BCUT2D eigenvalue weighted by Crippen LogP contribution is -2.19. The molecule has 0 unspecified atom stereocenters. The number of rotatable bonds is 6. The number of benzene rings is 1. The van der Waals surface area contributed by atoms with Crippen molar-refractivity contribution in [1.29, 1.82) is 0 Å². The highest BCUT2D eigenvalue weighted by Gasteiger charge is 2.20. The molecule has 4 N–H and O–H groups in total. The summed E-state index contributed by atoms with van der Waals surface area (Å²) in [6.45, 7) is 0.238. The number of nitrogens with zero attached hydrogens (tertiary/aromatic N) is 4. The van der Waals surface area contributed by atoms with Gasteiger partial charge < -0.3 is 20.9 Å². The van der Waals surface area contributed by atoms with Gasteiger partial charge in [-0.25, -0.2) is 4.98 Å². The molecule has 1 aromatic carbocycles. The lowest BCUT2D eigenvalue weighted by molar-refractivity contribution is 0.102. The number of carbonyl (C=O) groups is 1. The Morgan fingerprint density at radius 1 is 1.39 bits per heavy atom. The highest BCUT2D eigenvalue weighted by Crippen LogP contribution is 2.28. The van der Waals surface area contributed by atoms with E-state index < -0.39 is 0 Å². The van der Waals surface area contributed by atoms with Crippen LogP contribution in [0.1, 0.15) is 41.6 Å². The SMILES string of the molecule is COc1cc(N)c(C=NC2CCC(CO)CC2)cc1C(=O)Nc1cnc2cccnn12. The lowest BCUT2D eigenvalue weighted by Gasteiger charge is -2.24. The first-order chi connectivity index (χ1) is 15.1. The predicted molar refractivity (Wildman–Crippen MR) is 119 cm³/mol. The van der Waals surface area contributed by atoms with Crippen molar-refractivity contribution in [3.8, 4) is 5.75 Å². The number of aliphatic hydroxyl groups is 1. The van der Waals surface area contributed by atoms with E-state index in [2.05, 4.69) is 20.4 Å². The number of methoxy groups -OCH3 is 1. The summed E-state index contributed by atoms with van der Waals surface area (Å²) in [7, 11) is 1.49. The van der Waals surface area contributed by atoms with Gasteiger partial charge in [0.15, 0.2) is 11.5 Å². The number of amides is 1. The Morgan fingerprint density at radius 3 is 2.94 bits per heavy atom. The Labute approximate surface area is 180 Å². The minimum absolute atomic E-state index is 0.200. The minimum Gasteiger partial charge on any atom is -0.496 e. The fourth-order valence-corrected chi connectivity index (χ4v) is 3.83. The van der Waals surface area contributed by atoms with Gasteiger partial charge in [-0.1, -0.05) is 0 Å². The Kier molecular flexibility index (Phi) is 6.13. The van der Waals surface area contributed by atoms with Gasteiger partial charge in [0.1, 0.15) is 5.75 Å². The van der Waals surface area contributed by atoms with E-state index in [-0.39, 0.29) is 18.6 Å². The van der Waals surface area contributed by atoms with Gasteiger partial charge in [-0.3, -0.25) is 9.79 Å². The minimum atomic E-state index is -0.359. The third kappa shape index (κ3) is 4.51. The second kappa shape index (κ2) is 9.13. The molecule has 0 radical (unpaired) electrons. The van der Waals surface area contributed by atoms with E-state index in [4.69, 9.17) is 10.5 Å². The smallest absolute Gasteiger partial charge is 0.260 e. The molecule has 0 saturated heterocycles. The predicted octanol–water partition coefficient (Wildman–Crippen LogP) is 2.54. The zero-order valence-electron chi connectivity index (χ0n) is 17.4. The van der Waals surface area contributed by atoms with Crippen molar-refractivity contribution in [3.63, 3.8) is 0 Å². The lowest BCUT2D eigenvalue weighted by atomic mass is 9.87. The first-order valence-corrected chi connectivity index (χ1v) is 10.3.